The van der Waals surface area contributed by atoms with Gasteiger partial charge < -0.3 is 44.4 Å². The molecule has 51 heavy (non-hydrogen) atoms. The van der Waals surface area contributed by atoms with Crippen molar-refractivity contribution in [3.05, 3.63) is 11.9 Å². The molecule has 3 atom stereocenters. The Morgan fingerprint density at radius 3 is 2.33 bits per heavy atom. The lowest BCUT2D eigenvalue weighted by Gasteiger charge is -2.23. The standard InChI is InChI=1S/C32H54N8O10S/c1-31(2,3)49-29(43)37-38-30(44)50-32(4,5)10-13-48-21-23-20-40(39-36-23)12-15-46-17-19-47-18-16-45-14-11-33-26(41)9-7-6-8-25-27-24(22-51-25)34-28(42)35-27/h20,24-25,27H,6-19,21-22H2,1-5H3,(H,33,41)(H2,34,35,42)/b38-37+/t24-,25-,27-/m0/s1. The fourth-order valence-corrected chi connectivity index (χ4v) is 6.55. The highest BCUT2D eigenvalue weighted by atomic mass is 32.2. The minimum atomic E-state index is -0.998. The molecule has 19 heteroatoms. The molecule has 2 aliphatic rings. The summed E-state index contributed by atoms with van der Waals surface area (Å²) >= 11 is 1.89. The Morgan fingerprint density at radius 1 is 0.922 bits per heavy atom. The van der Waals surface area contributed by atoms with Crippen LogP contribution in [0.1, 0.15) is 72.4 Å². The van der Waals surface area contributed by atoms with E-state index in [1.807, 2.05) is 11.8 Å². The summed E-state index contributed by atoms with van der Waals surface area (Å²) in [7, 11) is 0. The van der Waals surface area contributed by atoms with Gasteiger partial charge in [0.1, 0.15) is 16.9 Å². The molecule has 3 rings (SSSR count). The molecule has 0 radical (unpaired) electrons. The van der Waals surface area contributed by atoms with Gasteiger partial charge in [-0.3, -0.25) is 4.79 Å². The molecule has 1 aromatic heterocycles. The zero-order valence-electron chi connectivity index (χ0n) is 30.3. The summed E-state index contributed by atoms with van der Waals surface area (Å²) in [5.41, 5.74) is -0.997. The van der Waals surface area contributed by atoms with Crippen LogP contribution < -0.4 is 16.0 Å². The van der Waals surface area contributed by atoms with Gasteiger partial charge in [-0.15, -0.1) is 5.10 Å². The second-order valence-corrected chi connectivity index (χ2v) is 14.9. The lowest BCUT2D eigenvalue weighted by atomic mass is 10.0. The summed E-state index contributed by atoms with van der Waals surface area (Å²) in [6.07, 6.45) is 3.44. The number of nitrogens with one attached hydrogen (secondary N) is 3. The number of aromatic nitrogens is 3. The summed E-state index contributed by atoms with van der Waals surface area (Å²) in [5, 5.41) is 23.9. The van der Waals surface area contributed by atoms with E-state index < -0.39 is 23.4 Å². The molecule has 3 N–H and O–H groups in total. The van der Waals surface area contributed by atoms with Gasteiger partial charge in [-0.25, -0.2) is 19.1 Å². The molecule has 18 nitrogen and oxygen atoms in total. The number of nitrogens with zero attached hydrogens (tertiary/aromatic N) is 5. The third kappa shape index (κ3) is 18.1. The number of ether oxygens (including phenoxy) is 6. The van der Waals surface area contributed by atoms with Crippen molar-refractivity contribution >= 4 is 35.9 Å². The molecular formula is C32H54N8O10S. The first-order valence-corrected chi connectivity index (χ1v) is 18.4. The molecule has 0 spiro atoms. The summed E-state index contributed by atoms with van der Waals surface area (Å²) in [4.78, 5) is 47.0. The first-order valence-electron chi connectivity index (χ1n) is 17.3. The zero-order valence-corrected chi connectivity index (χ0v) is 31.2. The Morgan fingerprint density at radius 2 is 1.61 bits per heavy atom. The number of amides is 5. The summed E-state index contributed by atoms with van der Waals surface area (Å²) < 4.78 is 34.1. The first-order chi connectivity index (χ1) is 24.3. The predicted molar refractivity (Wildman–Crippen MR) is 185 cm³/mol. The molecule has 2 saturated heterocycles. The first kappa shape index (κ1) is 42.0. The lowest BCUT2D eigenvalue weighted by molar-refractivity contribution is -0.121. The van der Waals surface area contributed by atoms with Crippen molar-refractivity contribution in [2.75, 3.05) is 58.5 Å². The van der Waals surface area contributed by atoms with Crippen molar-refractivity contribution in [2.24, 2.45) is 10.2 Å². The third-order valence-electron chi connectivity index (χ3n) is 7.51. The maximum absolute atomic E-state index is 12.1. The molecule has 2 fully saturated rings. The van der Waals surface area contributed by atoms with Crippen molar-refractivity contribution in [1.29, 1.82) is 0 Å². The average molecular weight is 743 g/mol. The van der Waals surface area contributed by atoms with E-state index in [2.05, 4.69) is 36.5 Å². The van der Waals surface area contributed by atoms with Crippen LogP contribution in [0.5, 0.6) is 0 Å². The minimum absolute atomic E-state index is 0.0249. The fourth-order valence-electron chi connectivity index (χ4n) is 5.01. The van der Waals surface area contributed by atoms with Gasteiger partial charge in [-0.2, -0.15) is 11.8 Å². The molecular weight excluding hydrogens is 688 g/mol. The minimum Gasteiger partial charge on any atom is -0.441 e. The summed E-state index contributed by atoms with van der Waals surface area (Å²) in [6.45, 7) is 12.5. The monoisotopic (exact) mass is 742 g/mol. The number of thioether (sulfide) groups is 1. The zero-order chi connectivity index (χ0) is 37.1. The van der Waals surface area contributed by atoms with Crippen LogP contribution in [0.3, 0.4) is 0 Å². The number of azo groups is 1. The molecule has 0 saturated carbocycles. The maximum atomic E-state index is 12.1. The number of hydrogen-bond donors (Lipinski definition) is 3. The van der Waals surface area contributed by atoms with E-state index in [4.69, 9.17) is 28.4 Å². The van der Waals surface area contributed by atoms with Gasteiger partial charge in [-0.05, 0) is 47.5 Å². The van der Waals surface area contributed by atoms with Crippen LogP contribution in [0.15, 0.2) is 16.4 Å². The van der Waals surface area contributed by atoms with Gasteiger partial charge in [0.05, 0.1) is 77.7 Å². The smallest absolute Gasteiger partial charge is 0.441 e. The van der Waals surface area contributed by atoms with Crippen LogP contribution in [0.25, 0.3) is 0 Å². The molecule has 0 unspecified atom stereocenters. The van der Waals surface area contributed by atoms with E-state index >= 15 is 0 Å². The van der Waals surface area contributed by atoms with Gasteiger partial charge in [0.15, 0.2) is 0 Å². The number of unbranched alkanes of at least 4 members (excludes halogenated alkanes) is 1. The van der Waals surface area contributed by atoms with Gasteiger partial charge >= 0.3 is 18.2 Å². The molecule has 2 aliphatic heterocycles. The lowest BCUT2D eigenvalue weighted by Crippen LogP contribution is -2.36. The molecule has 1 aromatic rings. The number of rotatable bonds is 23. The van der Waals surface area contributed by atoms with Gasteiger partial charge in [0.25, 0.3) is 0 Å². The predicted octanol–water partition coefficient (Wildman–Crippen LogP) is 3.38. The van der Waals surface area contributed by atoms with Crippen LogP contribution in [-0.2, 0) is 46.4 Å². The Balaban J connectivity index is 1.08. The third-order valence-corrected chi connectivity index (χ3v) is 9.02. The number of urea groups is 1. The van der Waals surface area contributed by atoms with Crippen LogP contribution >= 0.6 is 11.8 Å². The highest BCUT2D eigenvalue weighted by Crippen LogP contribution is 2.33. The van der Waals surface area contributed by atoms with E-state index in [9.17, 15) is 19.2 Å². The second-order valence-electron chi connectivity index (χ2n) is 13.6. The maximum Gasteiger partial charge on any atom is 0.453 e. The average Bonchev–Trinajstić information content (AvgIpc) is 3.76. The molecule has 0 aromatic carbocycles. The van der Waals surface area contributed by atoms with E-state index in [1.54, 1.807) is 45.5 Å². The SMILES string of the molecule is CC(C)(C)OC(=O)/N=N/C(=O)OC(C)(C)CCOCc1cn(CCOCCOCCOCCNC(=O)CCCC[C@@H]2SC[C@@H]3NC(=O)N[C@@H]32)nn1. The van der Waals surface area contributed by atoms with Gasteiger partial charge in [0.2, 0.25) is 5.91 Å². The van der Waals surface area contributed by atoms with Crippen molar-refractivity contribution < 1.29 is 47.6 Å². The van der Waals surface area contributed by atoms with Gasteiger partial charge in [-0.1, -0.05) is 21.9 Å². The Labute approximate surface area is 303 Å². The molecule has 5 amide bonds. The molecule has 288 valence electrons. The van der Waals surface area contributed by atoms with E-state index in [1.165, 1.54) is 0 Å². The molecule has 3 heterocycles. The number of fused-ring (bicyclic) bond motifs is 1. The molecule has 0 aliphatic carbocycles. The van der Waals surface area contributed by atoms with Crippen LogP contribution in [-0.4, -0.2) is 126 Å². The summed E-state index contributed by atoms with van der Waals surface area (Å²) in [5.74, 6) is 0.973. The second kappa shape index (κ2) is 21.9. The van der Waals surface area contributed by atoms with E-state index in [0.717, 1.165) is 25.0 Å². The van der Waals surface area contributed by atoms with E-state index in [-0.39, 0.29) is 37.2 Å². The van der Waals surface area contributed by atoms with Crippen molar-refractivity contribution in [3.63, 3.8) is 0 Å². The Kier molecular flexibility index (Phi) is 18.0. The quantitative estimate of drug-likeness (QED) is 0.0834. The van der Waals surface area contributed by atoms with Crippen molar-refractivity contribution in [2.45, 2.75) is 108 Å². The normalized spacial score (nSPS) is 18.8. The van der Waals surface area contributed by atoms with Gasteiger partial charge in [0, 0.05) is 30.4 Å². The van der Waals surface area contributed by atoms with Crippen molar-refractivity contribution in [1.82, 2.24) is 30.9 Å². The Hall–Kier alpha value is -3.39. The number of hydrogen-bond acceptors (Lipinski definition) is 13. The van der Waals surface area contributed by atoms with Crippen LogP contribution in [0, 0.1) is 0 Å². The number of carbonyl (C=O) groups excluding carboxylic acids is 4. The van der Waals surface area contributed by atoms with Crippen LogP contribution in [0.4, 0.5) is 14.4 Å². The topological polar surface area (TPSA) is 215 Å². The summed E-state index contributed by atoms with van der Waals surface area (Å²) in [6, 6.07) is 0.372. The molecule has 0 bridgehead atoms. The van der Waals surface area contributed by atoms with E-state index in [0.29, 0.717) is 76.5 Å². The highest BCUT2D eigenvalue weighted by Gasteiger charge is 2.42. The van der Waals surface area contributed by atoms with Crippen molar-refractivity contribution in [3.8, 4) is 0 Å². The Bertz CT molecular complexity index is 1270. The largest absolute Gasteiger partial charge is 0.453 e. The fraction of sp³-hybridized carbons (Fsp3) is 0.812. The highest BCUT2D eigenvalue weighted by molar-refractivity contribution is 8.00. The van der Waals surface area contributed by atoms with Crippen LogP contribution in [0.2, 0.25) is 0 Å². The number of carbonyl (C=O) groups is 4.